The zero-order valence-electron chi connectivity index (χ0n) is 13.0. The SMILES string of the molecule is CCC(CC)(CCCOc1cccc(C)c1C)C(=O)O. The average molecular weight is 278 g/mol. The number of carbonyl (C=O) groups is 1. The molecule has 1 aromatic rings. The van der Waals surface area contributed by atoms with Crippen molar-refractivity contribution in [2.75, 3.05) is 6.61 Å². The van der Waals surface area contributed by atoms with Crippen LogP contribution in [-0.2, 0) is 4.79 Å². The van der Waals surface area contributed by atoms with E-state index in [1.54, 1.807) is 0 Å². The van der Waals surface area contributed by atoms with E-state index in [-0.39, 0.29) is 0 Å². The zero-order chi connectivity index (χ0) is 15.2. The number of hydrogen-bond acceptors (Lipinski definition) is 2. The average Bonchev–Trinajstić information content (AvgIpc) is 2.43. The molecule has 0 saturated heterocycles. The van der Waals surface area contributed by atoms with Crippen LogP contribution in [0.15, 0.2) is 18.2 Å². The van der Waals surface area contributed by atoms with E-state index in [9.17, 15) is 9.90 Å². The Morgan fingerprint density at radius 2 is 1.90 bits per heavy atom. The third kappa shape index (κ3) is 3.75. The van der Waals surface area contributed by atoms with Crippen LogP contribution in [0.5, 0.6) is 5.75 Å². The third-order valence-corrected chi connectivity index (χ3v) is 4.42. The van der Waals surface area contributed by atoms with Crippen LogP contribution in [0.1, 0.15) is 50.7 Å². The van der Waals surface area contributed by atoms with E-state index in [0.717, 1.165) is 17.7 Å². The van der Waals surface area contributed by atoms with E-state index in [2.05, 4.69) is 13.0 Å². The van der Waals surface area contributed by atoms with Gasteiger partial charge in [0.05, 0.1) is 12.0 Å². The first-order valence-electron chi connectivity index (χ1n) is 7.39. The summed E-state index contributed by atoms with van der Waals surface area (Å²) in [6.45, 7) is 8.57. The summed E-state index contributed by atoms with van der Waals surface area (Å²) < 4.78 is 5.79. The van der Waals surface area contributed by atoms with Gasteiger partial charge in [0, 0.05) is 0 Å². The van der Waals surface area contributed by atoms with E-state index < -0.39 is 11.4 Å². The fourth-order valence-corrected chi connectivity index (χ4v) is 2.49. The molecule has 0 heterocycles. The highest BCUT2D eigenvalue weighted by molar-refractivity contribution is 5.74. The molecule has 3 heteroatoms. The van der Waals surface area contributed by atoms with Crippen molar-refractivity contribution in [3.05, 3.63) is 29.3 Å². The van der Waals surface area contributed by atoms with Crippen molar-refractivity contribution < 1.29 is 14.6 Å². The maximum Gasteiger partial charge on any atom is 0.309 e. The Labute approximate surface area is 122 Å². The fourth-order valence-electron chi connectivity index (χ4n) is 2.49. The summed E-state index contributed by atoms with van der Waals surface area (Å²) in [7, 11) is 0. The van der Waals surface area contributed by atoms with E-state index in [4.69, 9.17) is 4.74 Å². The summed E-state index contributed by atoms with van der Waals surface area (Å²) in [6, 6.07) is 6.01. The number of carboxylic acid groups (broad SMARTS) is 1. The molecule has 0 aliphatic heterocycles. The number of aryl methyl sites for hydroxylation is 1. The predicted octanol–water partition coefficient (Wildman–Crippen LogP) is 4.35. The van der Waals surface area contributed by atoms with Crippen LogP contribution in [0.2, 0.25) is 0 Å². The molecule has 0 saturated carbocycles. The largest absolute Gasteiger partial charge is 0.493 e. The molecule has 0 spiro atoms. The fraction of sp³-hybridized carbons (Fsp3) is 0.588. The van der Waals surface area contributed by atoms with Gasteiger partial charge >= 0.3 is 5.97 Å². The van der Waals surface area contributed by atoms with Gasteiger partial charge in [-0.3, -0.25) is 4.79 Å². The Kier molecular flexibility index (Phi) is 6.05. The van der Waals surface area contributed by atoms with Crippen molar-refractivity contribution in [1.29, 1.82) is 0 Å². The summed E-state index contributed by atoms with van der Waals surface area (Å²) in [5.74, 6) is 0.216. The normalized spacial score (nSPS) is 11.4. The molecular weight excluding hydrogens is 252 g/mol. The van der Waals surface area contributed by atoms with Crippen molar-refractivity contribution in [3.8, 4) is 5.75 Å². The molecule has 0 aliphatic rings. The van der Waals surface area contributed by atoms with Gasteiger partial charge in [0.15, 0.2) is 0 Å². The van der Waals surface area contributed by atoms with Gasteiger partial charge < -0.3 is 9.84 Å². The maximum absolute atomic E-state index is 11.4. The molecule has 0 unspecified atom stereocenters. The van der Waals surface area contributed by atoms with Crippen LogP contribution in [0, 0.1) is 19.3 Å². The molecule has 0 aliphatic carbocycles. The van der Waals surface area contributed by atoms with Crippen LogP contribution in [0.25, 0.3) is 0 Å². The van der Waals surface area contributed by atoms with Gasteiger partial charge in [0.25, 0.3) is 0 Å². The molecule has 0 amide bonds. The molecule has 0 fully saturated rings. The summed E-state index contributed by atoms with van der Waals surface area (Å²) in [6.07, 6.45) is 2.77. The molecular formula is C17H26O3. The van der Waals surface area contributed by atoms with E-state index >= 15 is 0 Å². The van der Waals surface area contributed by atoms with Gasteiger partial charge in [0.1, 0.15) is 5.75 Å². The number of rotatable bonds is 8. The van der Waals surface area contributed by atoms with Crippen LogP contribution < -0.4 is 4.74 Å². The van der Waals surface area contributed by atoms with Gasteiger partial charge in [0.2, 0.25) is 0 Å². The molecule has 1 N–H and O–H groups in total. The topological polar surface area (TPSA) is 46.5 Å². The lowest BCUT2D eigenvalue weighted by molar-refractivity contribution is -0.150. The molecule has 0 atom stereocenters. The minimum absolute atomic E-state index is 0.569. The van der Waals surface area contributed by atoms with Crippen molar-refractivity contribution in [2.24, 2.45) is 5.41 Å². The Bertz CT molecular complexity index is 448. The van der Waals surface area contributed by atoms with Crippen molar-refractivity contribution in [1.82, 2.24) is 0 Å². The van der Waals surface area contributed by atoms with Crippen molar-refractivity contribution in [2.45, 2.75) is 53.4 Å². The predicted molar refractivity (Wildman–Crippen MR) is 81.3 cm³/mol. The first-order valence-corrected chi connectivity index (χ1v) is 7.39. The Hall–Kier alpha value is -1.51. The highest BCUT2D eigenvalue weighted by Gasteiger charge is 2.33. The molecule has 1 rings (SSSR count). The number of carboxylic acids is 1. The van der Waals surface area contributed by atoms with E-state index in [1.807, 2.05) is 32.9 Å². The monoisotopic (exact) mass is 278 g/mol. The second-order valence-electron chi connectivity index (χ2n) is 5.44. The maximum atomic E-state index is 11.4. The Morgan fingerprint density at radius 3 is 2.45 bits per heavy atom. The summed E-state index contributed by atoms with van der Waals surface area (Å²) in [5.41, 5.74) is 1.78. The van der Waals surface area contributed by atoms with E-state index in [0.29, 0.717) is 25.9 Å². The molecule has 1 aromatic carbocycles. The van der Waals surface area contributed by atoms with Gasteiger partial charge in [-0.15, -0.1) is 0 Å². The number of ether oxygens (including phenoxy) is 1. The lowest BCUT2D eigenvalue weighted by Gasteiger charge is -2.26. The first-order chi connectivity index (χ1) is 9.46. The summed E-state index contributed by atoms with van der Waals surface area (Å²) in [4.78, 5) is 11.4. The van der Waals surface area contributed by atoms with Gasteiger partial charge in [-0.1, -0.05) is 26.0 Å². The first kappa shape index (κ1) is 16.5. The molecule has 20 heavy (non-hydrogen) atoms. The number of benzene rings is 1. The standard InChI is InChI=1S/C17H26O3/c1-5-17(6-2,16(18)19)11-8-12-20-15-10-7-9-13(3)14(15)4/h7,9-10H,5-6,8,11-12H2,1-4H3,(H,18,19). The molecule has 3 nitrogen and oxygen atoms in total. The minimum atomic E-state index is -0.686. The second-order valence-corrected chi connectivity index (χ2v) is 5.44. The summed E-state index contributed by atoms with van der Waals surface area (Å²) >= 11 is 0. The van der Waals surface area contributed by atoms with Gasteiger partial charge in [-0.05, 0) is 56.7 Å². The zero-order valence-corrected chi connectivity index (χ0v) is 13.0. The lowest BCUT2D eigenvalue weighted by Crippen LogP contribution is -2.30. The summed E-state index contributed by atoms with van der Waals surface area (Å²) in [5, 5.41) is 9.38. The third-order valence-electron chi connectivity index (χ3n) is 4.42. The van der Waals surface area contributed by atoms with Crippen LogP contribution in [0.4, 0.5) is 0 Å². The van der Waals surface area contributed by atoms with Crippen LogP contribution in [0.3, 0.4) is 0 Å². The van der Waals surface area contributed by atoms with Crippen molar-refractivity contribution in [3.63, 3.8) is 0 Å². The van der Waals surface area contributed by atoms with E-state index in [1.165, 1.54) is 5.56 Å². The smallest absolute Gasteiger partial charge is 0.309 e. The van der Waals surface area contributed by atoms with Crippen molar-refractivity contribution >= 4 is 5.97 Å². The number of aliphatic carboxylic acids is 1. The van der Waals surface area contributed by atoms with Gasteiger partial charge in [-0.25, -0.2) is 0 Å². The Balaban J connectivity index is 2.52. The molecule has 0 bridgehead atoms. The number of hydrogen-bond donors (Lipinski definition) is 1. The van der Waals surface area contributed by atoms with Crippen LogP contribution in [-0.4, -0.2) is 17.7 Å². The molecule has 112 valence electrons. The van der Waals surface area contributed by atoms with Crippen LogP contribution >= 0.6 is 0 Å². The minimum Gasteiger partial charge on any atom is -0.493 e. The lowest BCUT2D eigenvalue weighted by atomic mass is 9.78. The highest BCUT2D eigenvalue weighted by atomic mass is 16.5. The Morgan fingerprint density at radius 1 is 1.25 bits per heavy atom. The molecule has 0 aromatic heterocycles. The quantitative estimate of drug-likeness (QED) is 0.719. The van der Waals surface area contributed by atoms with Gasteiger partial charge in [-0.2, -0.15) is 0 Å². The second kappa shape index (κ2) is 7.32. The highest BCUT2D eigenvalue weighted by Crippen LogP contribution is 2.32. The molecule has 0 radical (unpaired) electrons.